The maximum absolute atomic E-state index is 11.1. The molecule has 0 radical (unpaired) electrons. The third-order valence-electron chi connectivity index (χ3n) is 3.72. The minimum atomic E-state index is -0.874. The van der Waals surface area contributed by atoms with Crippen LogP contribution in [0.2, 0.25) is 0 Å². The number of methoxy groups -OCH3 is 2. The number of carboxylic acid groups (broad SMARTS) is 1. The second kappa shape index (κ2) is 6.54. The molecule has 0 amide bonds. The molecule has 0 aromatic heterocycles. The van der Waals surface area contributed by atoms with E-state index in [2.05, 4.69) is 0 Å². The number of ether oxygens (including phenoxy) is 2. The van der Waals surface area contributed by atoms with Crippen LogP contribution in [0.4, 0.5) is 0 Å². The number of hydrogen-bond acceptors (Lipinski definition) is 4. The van der Waals surface area contributed by atoms with Crippen LogP contribution in [-0.2, 0) is 11.2 Å². The first-order valence-corrected chi connectivity index (χ1v) is 7.90. The zero-order chi connectivity index (χ0) is 14.9. The van der Waals surface area contributed by atoms with Crippen LogP contribution >= 0.6 is 11.8 Å². The molecule has 1 aromatic rings. The zero-order valence-electron chi connectivity index (χ0n) is 11.7. The SMILES string of the molecule is COc1cc2c(cc1OC)C(N(Cl)[CH]([Na])C(=O)O)CC2. The van der Waals surface area contributed by atoms with Gasteiger partial charge < -0.3 is 0 Å². The van der Waals surface area contributed by atoms with E-state index in [1.54, 1.807) is 14.2 Å². The summed E-state index contributed by atoms with van der Waals surface area (Å²) in [5.41, 5.74) is 2.16. The number of carbonyl (C=O) groups is 1. The predicted octanol–water partition coefficient (Wildman–Crippen LogP) is 1.73. The van der Waals surface area contributed by atoms with Gasteiger partial charge in [-0.15, -0.1) is 0 Å². The van der Waals surface area contributed by atoms with Crippen molar-refractivity contribution < 1.29 is 19.4 Å². The van der Waals surface area contributed by atoms with E-state index >= 15 is 0 Å². The van der Waals surface area contributed by atoms with Crippen molar-refractivity contribution >= 4 is 45.7 Å². The van der Waals surface area contributed by atoms with Gasteiger partial charge in [-0.2, -0.15) is 0 Å². The number of halogens is 1. The molecule has 0 bridgehead atoms. The molecular formula is C13H15ClNNaO4. The number of aliphatic carboxylic acids is 1. The average Bonchev–Trinajstić information content (AvgIpc) is 2.86. The Morgan fingerprint density at radius 1 is 1.45 bits per heavy atom. The first kappa shape index (κ1) is 15.9. The quantitative estimate of drug-likeness (QED) is 0.663. The predicted molar refractivity (Wildman–Crippen MR) is 75.5 cm³/mol. The Balaban J connectivity index is 2.35. The molecule has 5 nitrogen and oxygen atoms in total. The van der Waals surface area contributed by atoms with Gasteiger partial charge in [0.1, 0.15) is 0 Å². The van der Waals surface area contributed by atoms with Gasteiger partial charge in [0.05, 0.1) is 0 Å². The first-order valence-electron chi connectivity index (χ1n) is 6.41. The third-order valence-corrected chi connectivity index (χ3v) is 5.62. The number of fused-ring (bicyclic) bond motifs is 1. The van der Waals surface area contributed by atoms with E-state index in [1.165, 1.54) is 4.42 Å². The van der Waals surface area contributed by atoms with Crippen molar-refractivity contribution in [3.05, 3.63) is 23.3 Å². The molecule has 1 aliphatic rings. The molecule has 1 aliphatic carbocycles. The fourth-order valence-electron chi connectivity index (χ4n) is 2.54. The van der Waals surface area contributed by atoms with E-state index < -0.39 is 9.26 Å². The molecule has 20 heavy (non-hydrogen) atoms. The molecule has 7 heteroatoms. The van der Waals surface area contributed by atoms with Crippen molar-refractivity contribution in [3.63, 3.8) is 0 Å². The number of aryl methyl sites for hydroxylation is 1. The van der Waals surface area contributed by atoms with E-state index in [-0.39, 0.29) is 6.04 Å². The van der Waals surface area contributed by atoms with Crippen molar-refractivity contribution in [2.75, 3.05) is 14.2 Å². The van der Waals surface area contributed by atoms with Crippen molar-refractivity contribution in [1.29, 1.82) is 0 Å². The Bertz CT molecular complexity index is 525. The summed E-state index contributed by atoms with van der Waals surface area (Å²) >= 11 is 6.72. The van der Waals surface area contributed by atoms with E-state index in [4.69, 9.17) is 26.4 Å². The molecule has 1 aromatic carbocycles. The van der Waals surface area contributed by atoms with Crippen molar-refractivity contribution in [2.24, 2.45) is 0 Å². The van der Waals surface area contributed by atoms with Crippen LogP contribution in [0.1, 0.15) is 23.6 Å². The van der Waals surface area contributed by atoms with Gasteiger partial charge >= 0.3 is 141 Å². The van der Waals surface area contributed by atoms with E-state index in [0.717, 1.165) is 24.0 Å². The van der Waals surface area contributed by atoms with Gasteiger partial charge in [0.2, 0.25) is 0 Å². The van der Waals surface area contributed by atoms with Crippen LogP contribution in [0.3, 0.4) is 0 Å². The molecular weight excluding hydrogens is 293 g/mol. The molecule has 0 spiro atoms. The summed E-state index contributed by atoms with van der Waals surface area (Å²) in [6.07, 6.45) is 1.67. The van der Waals surface area contributed by atoms with Gasteiger partial charge in [0.25, 0.3) is 0 Å². The molecule has 0 fully saturated rings. The van der Waals surface area contributed by atoms with Crippen LogP contribution in [0.25, 0.3) is 0 Å². The van der Waals surface area contributed by atoms with Crippen molar-refractivity contribution in [3.8, 4) is 11.5 Å². The summed E-state index contributed by atoms with van der Waals surface area (Å²) in [5, 5.41) is 9.11. The number of rotatable bonds is 5. The van der Waals surface area contributed by atoms with Gasteiger partial charge in [-0.1, -0.05) is 0 Å². The van der Waals surface area contributed by atoms with Gasteiger partial charge in [0, 0.05) is 0 Å². The van der Waals surface area contributed by atoms with Crippen molar-refractivity contribution in [1.82, 2.24) is 4.42 Å². The summed E-state index contributed by atoms with van der Waals surface area (Å²) in [6, 6.07) is 3.75. The number of carboxylic acids is 1. The zero-order valence-corrected chi connectivity index (χ0v) is 14.5. The van der Waals surface area contributed by atoms with Crippen molar-refractivity contribution in [2.45, 2.75) is 22.2 Å². The Kier molecular flexibility index (Phi) is 5.20. The molecule has 0 heterocycles. The summed E-state index contributed by atoms with van der Waals surface area (Å²) in [7, 11) is 3.18. The molecule has 0 saturated heterocycles. The van der Waals surface area contributed by atoms with E-state index in [1.807, 2.05) is 12.1 Å². The Hall–Kier alpha value is -0.460. The molecule has 2 rings (SSSR count). The number of hydrogen-bond donors (Lipinski definition) is 1. The van der Waals surface area contributed by atoms with Crippen LogP contribution in [0.5, 0.6) is 11.5 Å². The van der Waals surface area contributed by atoms with E-state index in [9.17, 15) is 4.79 Å². The minimum absolute atomic E-state index is 0.0925. The first-order chi connectivity index (χ1) is 9.49. The van der Waals surface area contributed by atoms with Gasteiger partial charge in [0.15, 0.2) is 0 Å². The fraction of sp³-hybridized carbons (Fsp3) is 0.462. The maximum atomic E-state index is 11.1. The topological polar surface area (TPSA) is 59.0 Å². The molecule has 0 aliphatic heterocycles. The van der Waals surface area contributed by atoms with E-state index in [0.29, 0.717) is 39.4 Å². The van der Waals surface area contributed by atoms with Gasteiger partial charge in [-0.3, -0.25) is 0 Å². The number of nitrogens with zero attached hydrogens (tertiary/aromatic N) is 1. The molecule has 1 N–H and O–H groups in total. The van der Waals surface area contributed by atoms with Gasteiger partial charge in [-0.05, 0) is 0 Å². The Morgan fingerprint density at radius 3 is 2.60 bits per heavy atom. The standard InChI is InChI=1S/C13H15ClNO4.Na/c1-18-11-5-8-3-4-10(15(14)7-13(16)17)9(8)6-12(11)19-2;/h5-7,10H,3-4H2,1-2H3,(H,16,17);. The summed E-state index contributed by atoms with van der Waals surface area (Å²) < 4.78 is 11.4. The average molecular weight is 308 g/mol. The van der Waals surface area contributed by atoms with Gasteiger partial charge in [-0.25, -0.2) is 0 Å². The van der Waals surface area contributed by atoms with Crippen LogP contribution in [0, 0.1) is 0 Å². The second-order valence-electron chi connectivity index (χ2n) is 4.82. The van der Waals surface area contributed by atoms with Crippen LogP contribution < -0.4 is 9.47 Å². The number of benzene rings is 1. The monoisotopic (exact) mass is 307 g/mol. The summed E-state index contributed by atoms with van der Waals surface area (Å²) in [6.45, 7) is 0. The molecule has 2 atom stereocenters. The Labute approximate surface area is 140 Å². The second-order valence-corrected chi connectivity index (χ2v) is 6.30. The summed E-state index contributed by atoms with van der Waals surface area (Å²) in [4.78, 5) is 11.1. The molecule has 2 unspecified atom stereocenters. The third kappa shape index (κ3) is 2.92. The van der Waals surface area contributed by atoms with Crippen LogP contribution in [0.15, 0.2) is 12.1 Å². The summed E-state index contributed by atoms with van der Waals surface area (Å²) in [5.74, 6) is 0.456. The fourth-order valence-corrected chi connectivity index (χ4v) is 3.19. The Morgan fingerprint density at radius 2 is 2.05 bits per heavy atom. The molecule has 0 saturated carbocycles. The normalized spacial score (nSPS) is 18.8. The molecule has 104 valence electrons. The van der Waals surface area contributed by atoms with Crippen LogP contribution in [-0.4, -0.2) is 60.9 Å².